The fourth-order valence-electron chi connectivity index (χ4n) is 2.24. The molecule has 0 bridgehead atoms. The third-order valence-corrected chi connectivity index (χ3v) is 3.41. The van der Waals surface area contributed by atoms with E-state index in [-0.39, 0.29) is 0 Å². The summed E-state index contributed by atoms with van der Waals surface area (Å²) in [7, 11) is 1.66. The molecule has 4 heteroatoms. The lowest BCUT2D eigenvalue weighted by Gasteiger charge is -2.21. The number of hydrogen-bond donors (Lipinski definition) is 0. The number of nitriles is 1. The van der Waals surface area contributed by atoms with Crippen LogP contribution >= 0.6 is 0 Å². The standard InChI is InChI=1S/C17H19N3O/c1-3-20(12-14-6-8-19-9-7-14)13-16-10-15(11-18)4-5-17(16)21-2/h4-10H,3,12-13H2,1-2H3. The monoisotopic (exact) mass is 281 g/mol. The Hall–Kier alpha value is -2.38. The molecule has 0 saturated carbocycles. The van der Waals surface area contributed by atoms with Crippen molar-refractivity contribution in [1.29, 1.82) is 5.26 Å². The molecule has 0 spiro atoms. The van der Waals surface area contributed by atoms with Gasteiger partial charge in [0.15, 0.2) is 0 Å². The minimum atomic E-state index is 0.658. The molecular formula is C17H19N3O. The van der Waals surface area contributed by atoms with E-state index < -0.39 is 0 Å². The summed E-state index contributed by atoms with van der Waals surface area (Å²) < 4.78 is 5.39. The quantitative estimate of drug-likeness (QED) is 0.816. The van der Waals surface area contributed by atoms with Crippen molar-refractivity contribution in [3.05, 3.63) is 59.4 Å². The average Bonchev–Trinajstić information content (AvgIpc) is 2.55. The lowest BCUT2D eigenvalue weighted by Crippen LogP contribution is -2.22. The maximum Gasteiger partial charge on any atom is 0.123 e. The van der Waals surface area contributed by atoms with Crippen molar-refractivity contribution in [2.24, 2.45) is 0 Å². The van der Waals surface area contributed by atoms with Gasteiger partial charge in [-0.25, -0.2) is 0 Å². The summed E-state index contributed by atoms with van der Waals surface area (Å²) >= 11 is 0. The van der Waals surface area contributed by atoms with E-state index in [9.17, 15) is 0 Å². The first-order chi connectivity index (χ1) is 10.3. The van der Waals surface area contributed by atoms with E-state index in [4.69, 9.17) is 10.00 Å². The Labute approximate surface area is 125 Å². The van der Waals surface area contributed by atoms with Gasteiger partial charge in [-0.2, -0.15) is 5.26 Å². The third kappa shape index (κ3) is 4.04. The van der Waals surface area contributed by atoms with Gasteiger partial charge in [-0.05, 0) is 42.4 Å². The topological polar surface area (TPSA) is 49.2 Å². The molecule has 2 rings (SSSR count). The lowest BCUT2D eigenvalue weighted by molar-refractivity contribution is 0.266. The van der Waals surface area contributed by atoms with Gasteiger partial charge in [0, 0.05) is 31.0 Å². The highest BCUT2D eigenvalue weighted by atomic mass is 16.5. The van der Waals surface area contributed by atoms with Gasteiger partial charge in [0.2, 0.25) is 0 Å². The highest BCUT2D eigenvalue weighted by Gasteiger charge is 2.10. The van der Waals surface area contributed by atoms with E-state index >= 15 is 0 Å². The van der Waals surface area contributed by atoms with Crippen LogP contribution in [-0.2, 0) is 13.1 Å². The average molecular weight is 281 g/mol. The molecule has 0 aliphatic heterocycles. The summed E-state index contributed by atoms with van der Waals surface area (Å²) in [4.78, 5) is 6.34. The minimum Gasteiger partial charge on any atom is -0.496 e. The molecule has 0 aliphatic carbocycles. The molecule has 1 aromatic carbocycles. The molecule has 4 nitrogen and oxygen atoms in total. The molecule has 0 aliphatic rings. The molecule has 0 fully saturated rings. The summed E-state index contributed by atoms with van der Waals surface area (Å²) in [6, 6.07) is 11.7. The molecule has 2 aromatic rings. The Bertz CT molecular complexity index is 620. The first kappa shape index (κ1) is 15.0. The van der Waals surface area contributed by atoms with Crippen LogP contribution in [0.2, 0.25) is 0 Å². The second kappa shape index (κ2) is 7.41. The van der Waals surface area contributed by atoms with Gasteiger partial charge in [0.25, 0.3) is 0 Å². The van der Waals surface area contributed by atoms with Crippen molar-refractivity contribution >= 4 is 0 Å². The van der Waals surface area contributed by atoms with Crippen LogP contribution in [0, 0.1) is 11.3 Å². The van der Waals surface area contributed by atoms with E-state index in [2.05, 4.69) is 22.9 Å². The summed E-state index contributed by atoms with van der Waals surface area (Å²) in [5.74, 6) is 0.821. The van der Waals surface area contributed by atoms with Crippen molar-refractivity contribution < 1.29 is 4.74 Å². The van der Waals surface area contributed by atoms with E-state index in [1.165, 1.54) is 5.56 Å². The number of aromatic nitrogens is 1. The number of ether oxygens (including phenoxy) is 1. The molecule has 0 saturated heterocycles. The zero-order chi connectivity index (χ0) is 15.1. The molecule has 0 unspecified atom stereocenters. The van der Waals surface area contributed by atoms with Crippen LogP contribution in [0.15, 0.2) is 42.7 Å². The second-order valence-electron chi connectivity index (χ2n) is 4.80. The van der Waals surface area contributed by atoms with Gasteiger partial charge < -0.3 is 4.74 Å². The first-order valence-corrected chi connectivity index (χ1v) is 6.95. The summed E-state index contributed by atoms with van der Waals surface area (Å²) in [5, 5.41) is 9.04. The van der Waals surface area contributed by atoms with Crippen molar-refractivity contribution in [3.63, 3.8) is 0 Å². The Morgan fingerprint density at radius 3 is 2.57 bits per heavy atom. The zero-order valence-electron chi connectivity index (χ0n) is 12.4. The highest BCUT2D eigenvalue weighted by Crippen LogP contribution is 2.22. The van der Waals surface area contributed by atoms with Crippen molar-refractivity contribution in [2.45, 2.75) is 20.0 Å². The van der Waals surface area contributed by atoms with Crippen LogP contribution in [-0.4, -0.2) is 23.5 Å². The van der Waals surface area contributed by atoms with Crippen LogP contribution in [0.1, 0.15) is 23.6 Å². The molecule has 0 atom stereocenters. The normalized spacial score (nSPS) is 10.4. The Kier molecular flexibility index (Phi) is 5.30. The van der Waals surface area contributed by atoms with E-state index in [0.29, 0.717) is 5.56 Å². The smallest absolute Gasteiger partial charge is 0.123 e. The van der Waals surface area contributed by atoms with Crippen molar-refractivity contribution in [2.75, 3.05) is 13.7 Å². The number of pyridine rings is 1. The largest absolute Gasteiger partial charge is 0.496 e. The van der Waals surface area contributed by atoms with Gasteiger partial charge in [0.1, 0.15) is 5.75 Å². The Morgan fingerprint density at radius 1 is 1.19 bits per heavy atom. The third-order valence-electron chi connectivity index (χ3n) is 3.41. The van der Waals surface area contributed by atoms with Gasteiger partial charge in [-0.3, -0.25) is 9.88 Å². The van der Waals surface area contributed by atoms with Crippen LogP contribution in [0.4, 0.5) is 0 Å². The van der Waals surface area contributed by atoms with Gasteiger partial charge in [0.05, 0.1) is 18.7 Å². The summed E-state index contributed by atoms with van der Waals surface area (Å²) in [6.07, 6.45) is 3.61. The first-order valence-electron chi connectivity index (χ1n) is 6.95. The molecule has 0 radical (unpaired) electrons. The zero-order valence-corrected chi connectivity index (χ0v) is 12.4. The number of methoxy groups -OCH3 is 1. The van der Waals surface area contributed by atoms with Gasteiger partial charge in [-0.15, -0.1) is 0 Å². The van der Waals surface area contributed by atoms with Crippen LogP contribution in [0.25, 0.3) is 0 Å². The SMILES string of the molecule is CCN(Cc1ccncc1)Cc1cc(C#N)ccc1OC. The molecule has 108 valence electrons. The van der Waals surface area contributed by atoms with Gasteiger partial charge in [-0.1, -0.05) is 6.92 Å². The molecule has 21 heavy (non-hydrogen) atoms. The van der Waals surface area contributed by atoms with E-state index in [1.54, 1.807) is 25.6 Å². The summed E-state index contributed by atoms with van der Waals surface area (Å²) in [5.41, 5.74) is 2.92. The molecule has 0 amide bonds. The van der Waals surface area contributed by atoms with E-state index in [1.807, 2.05) is 24.3 Å². The minimum absolute atomic E-state index is 0.658. The second-order valence-corrected chi connectivity index (χ2v) is 4.80. The molecule has 0 N–H and O–H groups in total. The number of rotatable bonds is 6. The predicted octanol–water partition coefficient (Wildman–Crippen LogP) is 2.98. The maximum absolute atomic E-state index is 9.04. The lowest BCUT2D eigenvalue weighted by atomic mass is 10.1. The van der Waals surface area contributed by atoms with Gasteiger partial charge >= 0.3 is 0 Å². The number of benzene rings is 1. The highest BCUT2D eigenvalue weighted by molar-refractivity contribution is 5.42. The molecular weight excluding hydrogens is 262 g/mol. The van der Waals surface area contributed by atoms with Crippen LogP contribution in [0.5, 0.6) is 5.75 Å². The number of hydrogen-bond acceptors (Lipinski definition) is 4. The van der Waals surface area contributed by atoms with E-state index in [0.717, 1.165) is 30.9 Å². The van der Waals surface area contributed by atoms with Crippen molar-refractivity contribution in [3.8, 4) is 11.8 Å². The fourth-order valence-corrected chi connectivity index (χ4v) is 2.24. The van der Waals surface area contributed by atoms with Crippen molar-refractivity contribution in [1.82, 2.24) is 9.88 Å². The molecule has 1 heterocycles. The predicted molar refractivity (Wildman–Crippen MR) is 81.7 cm³/mol. The Morgan fingerprint density at radius 2 is 1.95 bits per heavy atom. The Balaban J connectivity index is 2.16. The van der Waals surface area contributed by atoms with Crippen LogP contribution < -0.4 is 4.74 Å². The maximum atomic E-state index is 9.04. The number of nitrogens with zero attached hydrogens (tertiary/aromatic N) is 3. The van der Waals surface area contributed by atoms with Crippen LogP contribution in [0.3, 0.4) is 0 Å². The fraction of sp³-hybridized carbons (Fsp3) is 0.294. The molecule has 1 aromatic heterocycles. The summed E-state index contributed by atoms with van der Waals surface area (Å²) in [6.45, 7) is 4.64.